The quantitative estimate of drug-likeness (QED) is 0.706. The summed E-state index contributed by atoms with van der Waals surface area (Å²) < 4.78 is 11.4. The van der Waals surface area contributed by atoms with Crippen LogP contribution in [0.2, 0.25) is 0 Å². The first-order valence-electron chi connectivity index (χ1n) is 10.5. The normalized spacial score (nSPS) is 17.4. The third-order valence-electron chi connectivity index (χ3n) is 5.17. The molecule has 0 unspecified atom stereocenters. The molecule has 0 radical (unpaired) electrons. The van der Waals surface area contributed by atoms with E-state index >= 15 is 0 Å². The number of aromatic nitrogens is 1. The van der Waals surface area contributed by atoms with Crippen LogP contribution in [0.5, 0.6) is 5.75 Å². The number of amides is 3. The summed E-state index contributed by atoms with van der Waals surface area (Å²) in [6.07, 6.45) is 1.59. The Hall–Kier alpha value is -3.66. The van der Waals surface area contributed by atoms with Crippen LogP contribution in [0.1, 0.15) is 10.4 Å². The van der Waals surface area contributed by atoms with Crippen molar-refractivity contribution in [2.45, 2.75) is 0 Å². The van der Waals surface area contributed by atoms with Crippen LogP contribution in [0.3, 0.4) is 0 Å². The molecule has 0 spiro atoms. The van der Waals surface area contributed by atoms with E-state index in [1.807, 2.05) is 24.3 Å². The van der Waals surface area contributed by atoms with E-state index in [1.165, 1.54) is 9.80 Å². The van der Waals surface area contributed by atoms with Crippen molar-refractivity contribution >= 4 is 29.2 Å². The zero-order valence-electron chi connectivity index (χ0n) is 17.6. The first-order valence-corrected chi connectivity index (χ1v) is 10.5. The second-order valence-corrected chi connectivity index (χ2v) is 7.37. The van der Waals surface area contributed by atoms with Crippen LogP contribution in [-0.2, 0) is 14.3 Å². The summed E-state index contributed by atoms with van der Waals surface area (Å²) in [6.45, 7) is 1.78. The summed E-state index contributed by atoms with van der Waals surface area (Å²) in [5.74, 6) is 0.140. The highest BCUT2D eigenvalue weighted by Crippen LogP contribution is 2.28. The molecule has 1 saturated heterocycles. The van der Waals surface area contributed by atoms with Gasteiger partial charge in [-0.3, -0.25) is 14.4 Å². The molecule has 1 aromatic heterocycles. The number of pyridine rings is 1. The summed E-state index contributed by atoms with van der Waals surface area (Å²) in [5.41, 5.74) is 0.993. The maximum Gasteiger partial charge on any atom is 0.258 e. The van der Waals surface area contributed by atoms with Crippen LogP contribution in [0.15, 0.2) is 42.6 Å². The Kier molecular flexibility index (Phi) is 6.81. The average molecular weight is 439 g/mol. The lowest BCUT2D eigenvalue weighted by Gasteiger charge is -2.30. The van der Waals surface area contributed by atoms with Crippen molar-refractivity contribution in [3.05, 3.63) is 48.2 Å². The summed E-state index contributed by atoms with van der Waals surface area (Å²) >= 11 is 0. The molecule has 3 heterocycles. The molecule has 1 aromatic carbocycles. The number of anilines is 2. The predicted molar refractivity (Wildman–Crippen MR) is 116 cm³/mol. The van der Waals surface area contributed by atoms with Gasteiger partial charge >= 0.3 is 0 Å². The fourth-order valence-electron chi connectivity index (χ4n) is 3.53. The van der Waals surface area contributed by atoms with Crippen molar-refractivity contribution in [1.82, 2.24) is 20.1 Å². The molecular formula is C22H25N5O5. The number of benzene rings is 1. The number of hydrogen-bond acceptors (Lipinski definition) is 7. The molecule has 0 bridgehead atoms. The van der Waals surface area contributed by atoms with Crippen LogP contribution >= 0.6 is 0 Å². The highest BCUT2D eigenvalue weighted by Gasteiger charge is 2.27. The second-order valence-electron chi connectivity index (χ2n) is 7.37. The van der Waals surface area contributed by atoms with Crippen LogP contribution < -0.4 is 15.4 Å². The topological polar surface area (TPSA) is 113 Å². The van der Waals surface area contributed by atoms with E-state index in [0.29, 0.717) is 49.1 Å². The van der Waals surface area contributed by atoms with E-state index in [0.717, 1.165) is 0 Å². The first kappa shape index (κ1) is 21.6. The molecule has 0 aliphatic carbocycles. The van der Waals surface area contributed by atoms with Gasteiger partial charge in [-0.2, -0.15) is 0 Å². The molecule has 2 aliphatic rings. The van der Waals surface area contributed by atoms with Crippen LogP contribution in [0.25, 0.3) is 0 Å². The number of hydrogen-bond donors (Lipinski definition) is 2. The van der Waals surface area contributed by atoms with E-state index in [-0.39, 0.29) is 44.0 Å². The van der Waals surface area contributed by atoms with Gasteiger partial charge in [-0.05, 0) is 24.3 Å². The molecule has 0 atom stereocenters. The number of fused-ring (bicyclic) bond motifs is 2. The summed E-state index contributed by atoms with van der Waals surface area (Å²) in [5, 5.41) is 5.87. The van der Waals surface area contributed by atoms with Crippen LogP contribution in [0, 0.1) is 0 Å². The Labute approximate surface area is 185 Å². The molecule has 2 aliphatic heterocycles. The fourth-order valence-corrected chi connectivity index (χ4v) is 3.53. The third-order valence-corrected chi connectivity index (χ3v) is 5.17. The van der Waals surface area contributed by atoms with Gasteiger partial charge in [0.05, 0.1) is 31.0 Å². The number of nitrogens with zero attached hydrogens (tertiary/aromatic N) is 3. The number of nitrogens with one attached hydrogen (secondary N) is 2. The minimum atomic E-state index is -0.350. The van der Waals surface area contributed by atoms with E-state index in [9.17, 15) is 14.4 Å². The Morgan fingerprint density at radius 1 is 1.06 bits per heavy atom. The molecule has 0 saturated carbocycles. The largest absolute Gasteiger partial charge is 0.489 e. The molecule has 2 N–H and O–H groups in total. The number of para-hydroxylation sites is 2. The molecule has 4 rings (SSSR count). The lowest BCUT2D eigenvalue weighted by Crippen LogP contribution is -2.53. The zero-order chi connectivity index (χ0) is 22.3. The van der Waals surface area contributed by atoms with E-state index < -0.39 is 0 Å². The fraction of sp³-hybridized carbons (Fsp3) is 0.364. The van der Waals surface area contributed by atoms with Gasteiger partial charge in [0.1, 0.15) is 24.7 Å². The molecule has 10 nitrogen and oxygen atoms in total. The summed E-state index contributed by atoms with van der Waals surface area (Å²) in [4.78, 5) is 45.1. The second kappa shape index (κ2) is 10.1. The van der Waals surface area contributed by atoms with Crippen LogP contribution in [-0.4, -0.2) is 85.0 Å². The standard InChI is InChI=1S/C22H25N5O5/c28-19-14-26(9-8-23-19)20(29)15-27-10-11-31-12-13-32-18-6-2-1-5-17(18)25-21-16(22(27)30)4-3-7-24-21/h1-7H,8-15H2,(H,23,28)(H,24,25). The maximum absolute atomic E-state index is 13.4. The molecule has 168 valence electrons. The SMILES string of the molecule is O=C1CN(C(=O)CN2CCOCCOc3ccccc3Nc3ncccc3C2=O)CCN1. The minimum absolute atomic E-state index is 0.00875. The molecule has 1 fully saturated rings. The predicted octanol–water partition coefficient (Wildman–Crippen LogP) is 0.635. The van der Waals surface area contributed by atoms with Gasteiger partial charge < -0.3 is 29.9 Å². The van der Waals surface area contributed by atoms with Crippen LogP contribution in [0.4, 0.5) is 11.5 Å². The average Bonchev–Trinajstić information content (AvgIpc) is 2.81. The van der Waals surface area contributed by atoms with Gasteiger partial charge in [0.2, 0.25) is 11.8 Å². The van der Waals surface area contributed by atoms with Crippen molar-refractivity contribution < 1.29 is 23.9 Å². The Bertz CT molecular complexity index is 998. The van der Waals surface area contributed by atoms with Gasteiger partial charge in [0, 0.05) is 25.8 Å². The Morgan fingerprint density at radius 2 is 1.94 bits per heavy atom. The molecule has 10 heteroatoms. The Morgan fingerprint density at radius 3 is 2.81 bits per heavy atom. The van der Waals surface area contributed by atoms with Gasteiger partial charge in [-0.15, -0.1) is 0 Å². The highest BCUT2D eigenvalue weighted by molar-refractivity contribution is 6.01. The van der Waals surface area contributed by atoms with Crippen molar-refractivity contribution in [2.75, 3.05) is 57.9 Å². The zero-order valence-corrected chi connectivity index (χ0v) is 17.6. The molecule has 3 amide bonds. The monoisotopic (exact) mass is 439 g/mol. The van der Waals surface area contributed by atoms with E-state index in [4.69, 9.17) is 9.47 Å². The summed E-state index contributed by atoms with van der Waals surface area (Å²) in [6, 6.07) is 10.7. The molecular weight excluding hydrogens is 414 g/mol. The molecule has 2 aromatic rings. The number of carbonyl (C=O) groups excluding carboxylic acids is 3. The Balaban J connectivity index is 1.60. The van der Waals surface area contributed by atoms with Crippen molar-refractivity contribution in [3.8, 4) is 5.75 Å². The maximum atomic E-state index is 13.4. The third kappa shape index (κ3) is 5.14. The highest BCUT2D eigenvalue weighted by atomic mass is 16.5. The van der Waals surface area contributed by atoms with Crippen molar-refractivity contribution in [3.63, 3.8) is 0 Å². The molecule has 32 heavy (non-hydrogen) atoms. The lowest BCUT2D eigenvalue weighted by atomic mass is 10.2. The minimum Gasteiger partial charge on any atom is -0.489 e. The first-order chi connectivity index (χ1) is 15.6. The van der Waals surface area contributed by atoms with Gasteiger partial charge in [-0.1, -0.05) is 12.1 Å². The van der Waals surface area contributed by atoms with Crippen molar-refractivity contribution in [2.24, 2.45) is 0 Å². The number of ether oxygens (including phenoxy) is 2. The smallest absolute Gasteiger partial charge is 0.258 e. The summed E-state index contributed by atoms with van der Waals surface area (Å²) in [7, 11) is 0. The van der Waals surface area contributed by atoms with E-state index in [2.05, 4.69) is 15.6 Å². The van der Waals surface area contributed by atoms with Gasteiger partial charge in [0.25, 0.3) is 5.91 Å². The van der Waals surface area contributed by atoms with Crippen molar-refractivity contribution in [1.29, 1.82) is 0 Å². The number of carbonyl (C=O) groups is 3. The van der Waals surface area contributed by atoms with Gasteiger partial charge in [0.15, 0.2) is 0 Å². The van der Waals surface area contributed by atoms with Gasteiger partial charge in [-0.25, -0.2) is 4.98 Å². The lowest BCUT2D eigenvalue weighted by molar-refractivity contribution is -0.138. The number of piperazine rings is 1. The van der Waals surface area contributed by atoms with E-state index in [1.54, 1.807) is 18.3 Å². The number of rotatable bonds is 2.